The Morgan fingerprint density at radius 1 is 1.45 bits per heavy atom. The van der Waals surface area contributed by atoms with Crippen molar-refractivity contribution < 1.29 is 4.79 Å². The lowest BCUT2D eigenvalue weighted by Gasteiger charge is -2.22. The molecule has 0 spiro atoms. The van der Waals surface area contributed by atoms with Crippen LogP contribution in [0.1, 0.15) is 65.6 Å². The van der Waals surface area contributed by atoms with Crippen LogP contribution < -0.4 is 5.32 Å². The number of aromatic nitrogens is 3. The molecule has 0 unspecified atom stereocenters. The largest absolute Gasteiger partial charge is 0.346 e. The lowest BCUT2D eigenvalue weighted by atomic mass is 10.1. The third-order valence-electron chi connectivity index (χ3n) is 3.69. The minimum atomic E-state index is -0.115. The zero-order valence-electron chi connectivity index (χ0n) is 13.5. The molecule has 1 aliphatic rings. The average Bonchev–Trinajstić information content (AvgIpc) is 3.03. The molecule has 1 aliphatic carbocycles. The highest BCUT2D eigenvalue weighted by atomic mass is 32.1. The van der Waals surface area contributed by atoms with Crippen molar-refractivity contribution in [3.63, 3.8) is 0 Å². The van der Waals surface area contributed by atoms with E-state index in [-0.39, 0.29) is 11.4 Å². The molecular weight excluding hydrogens is 296 g/mol. The second-order valence-electron chi connectivity index (χ2n) is 6.84. The van der Waals surface area contributed by atoms with E-state index in [9.17, 15) is 4.79 Å². The number of nitrogens with zero attached hydrogens (tertiary/aromatic N) is 3. The summed E-state index contributed by atoms with van der Waals surface area (Å²) in [5.41, 5.74) is 1.59. The molecule has 0 radical (unpaired) electrons. The summed E-state index contributed by atoms with van der Waals surface area (Å²) >= 11 is 1.60. The van der Waals surface area contributed by atoms with Crippen molar-refractivity contribution in [3.05, 3.63) is 33.5 Å². The van der Waals surface area contributed by atoms with Crippen LogP contribution in [-0.2, 0) is 12.1 Å². The number of carbonyl (C=O) groups is 1. The maximum absolute atomic E-state index is 12.4. The van der Waals surface area contributed by atoms with Crippen LogP contribution >= 0.6 is 11.3 Å². The molecule has 22 heavy (non-hydrogen) atoms. The van der Waals surface area contributed by atoms with Gasteiger partial charge in [-0.15, -0.1) is 11.3 Å². The van der Waals surface area contributed by atoms with Gasteiger partial charge in [0.2, 0.25) is 0 Å². The number of amides is 1. The number of rotatable bonds is 4. The summed E-state index contributed by atoms with van der Waals surface area (Å²) < 4.78 is 2.01. The standard InChI is InChI=1S/C16H22N4OS/c1-10-17-8-12(22-10)9-18-15(21)13-7-14(11-5-6-11)20(19-13)16(2,3)4/h7-8,11H,5-6,9H2,1-4H3,(H,18,21). The van der Waals surface area contributed by atoms with Crippen LogP contribution in [0.4, 0.5) is 0 Å². The molecule has 0 aromatic carbocycles. The van der Waals surface area contributed by atoms with Gasteiger partial charge in [-0.05, 0) is 46.6 Å². The summed E-state index contributed by atoms with van der Waals surface area (Å²) in [5, 5.41) is 8.50. The van der Waals surface area contributed by atoms with Crippen molar-refractivity contribution >= 4 is 17.2 Å². The number of carbonyl (C=O) groups excluding carboxylic acids is 1. The van der Waals surface area contributed by atoms with E-state index < -0.39 is 0 Å². The lowest BCUT2D eigenvalue weighted by molar-refractivity contribution is 0.0944. The van der Waals surface area contributed by atoms with Gasteiger partial charge in [0.15, 0.2) is 0 Å². The first-order chi connectivity index (χ1) is 10.3. The van der Waals surface area contributed by atoms with Gasteiger partial charge in [0, 0.05) is 22.7 Å². The van der Waals surface area contributed by atoms with Crippen molar-refractivity contribution in [2.75, 3.05) is 0 Å². The van der Waals surface area contributed by atoms with Gasteiger partial charge in [0.25, 0.3) is 5.91 Å². The SMILES string of the molecule is Cc1ncc(CNC(=O)c2cc(C3CC3)n(C(C)(C)C)n2)s1. The first-order valence-electron chi connectivity index (χ1n) is 7.64. The second kappa shape index (κ2) is 5.50. The molecular formula is C16H22N4OS. The van der Waals surface area contributed by atoms with E-state index in [1.165, 1.54) is 18.5 Å². The second-order valence-corrected chi connectivity index (χ2v) is 8.16. The Bertz CT molecular complexity index is 691. The topological polar surface area (TPSA) is 59.8 Å². The monoisotopic (exact) mass is 318 g/mol. The van der Waals surface area contributed by atoms with Crippen LogP contribution in [0.2, 0.25) is 0 Å². The smallest absolute Gasteiger partial charge is 0.272 e. The molecule has 5 nitrogen and oxygen atoms in total. The maximum atomic E-state index is 12.4. The molecule has 1 N–H and O–H groups in total. The molecule has 6 heteroatoms. The third kappa shape index (κ3) is 3.21. The Morgan fingerprint density at radius 3 is 2.73 bits per heavy atom. The highest BCUT2D eigenvalue weighted by molar-refractivity contribution is 7.11. The summed E-state index contributed by atoms with van der Waals surface area (Å²) in [6.07, 6.45) is 4.20. The molecule has 2 aromatic heterocycles. The lowest BCUT2D eigenvalue weighted by Crippen LogP contribution is -2.27. The summed E-state index contributed by atoms with van der Waals surface area (Å²) in [4.78, 5) is 17.6. The van der Waals surface area contributed by atoms with Crippen molar-refractivity contribution in [2.45, 2.75) is 58.5 Å². The van der Waals surface area contributed by atoms with Crippen LogP contribution in [0.15, 0.2) is 12.3 Å². The molecule has 1 fully saturated rings. The Balaban J connectivity index is 1.75. The fourth-order valence-electron chi connectivity index (χ4n) is 2.46. The first kappa shape index (κ1) is 15.2. The number of aryl methyl sites for hydroxylation is 1. The molecule has 1 amide bonds. The fraction of sp³-hybridized carbons (Fsp3) is 0.562. The molecule has 0 atom stereocenters. The van der Waals surface area contributed by atoms with Gasteiger partial charge in [0.05, 0.1) is 17.1 Å². The van der Waals surface area contributed by atoms with Crippen LogP contribution in [0, 0.1) is 6.92 Å². The molecule has 3 rings (SSSR count). The van der Waals surface area contributed by atoms with Gasteiger partial charge in [-0.2, -0.15) is 5.10 Å². The maximum Gasteiger partial charge on any atom is 0.272 e. The van der Waals surface area contributed by atoms with E-state index in [1.807, 2.05) is 23.9 Å². The Hall–Kier alpha value is -1.69. The van der Waals surface area contributed by atoms with Gasteiger partial charge in [-0.25, -0.2) is 4.98 Å². The minimum absolute atomic E-state index is 0.106. The number of hydrogen-bond acceptors (Lipinski definition) is 4. The highest BCUT2D eigenvalue weighted by Gasteiger charge is 2.32. The van der Waals surface area contributed by atoms with Crippen molar-refractivity contribution in [2.24, 2.45) is 0 Å². The van der Waals surface area contributed by atoms with Gasteiger partial charge in [0.1, 0.15) is 5.69 Å². The summed E-state index contributed by atoms with van der Waals surface area (Å²) in [5.74, 6) is 0.452. The normalized spacial score (nSPS) is 15.1. The Labute approximate surface area is 134 Å². The number of nitrogens with one attached hydrogen (secondary N) is 1. The van der Waals surface area contributed by atoms with Crippen molar-refractivity contribution in [1.29, 1.82) is 0 Å². The Kier molecular flexibility index (Phi) is 3.80. The fourth-order valence-corrected chi connectivity index (χ4v) is 3.19. The number of hydrogen-bond donors (Lipinski definition) is 1. The van der Waals surface area contributed by atoms with E-state index in [4.69, 9.17) is 0 Å². The Morgan fingerprint density at radius 2 is 2.18 bits per heavy atom. The molecule has 0 bridgehead atoms. The molecule has 0 saturated heterocycles. The predicted octanol–water partition coefficient (Wildman–Crippen LogP) is 3.21. The quantitative estimate of drug-likeness (QED) is 0.941. The van der Waals surface area contributed by atoms with Gasteiger partial charge in [-0.3, -0.25) is 9.48 Å². The molecule has 2 heterocycles. The van der Waals surface area contributed by atoms with E-state index in [2.05, 4.69) is 36.2 Å². The van der Waals surface area contributed by atoms with E-state index >= 15 is 0 Å². The third-order valence-corrected chi connectivity index (χ3v) is 4.61. The van der Waals surface area contributed by atoms with Crippen molar-refractivity contribution in [1.82, 2.24) is 20.1 Å². The summed E-state index contributed by atoms with van der Waals surface area (Å²) in [6, 6.07) is 1.95. The van der Waals surface area contributed by atoms with Gasteiger partial charge < -0.3 is 5.32 Å². The average molecular weight is 318 g/mol. The molecule has 2 aromatic rings. The molecule has 1 saturated carbocycles. The highest BCUT2D eigenvalue weighted by Crippen LogP contribution is 2.41. The molecule has 118 valence electrons. The van der Waals surface area contributed by atoms with Crippen LogP contribution in [0.3, 0.4) is 0 Å². The van der Waals surface area contributed by atoms with Gasteiger partial charge in [-0.1, -0.05) is 0 Å². The van der Waals surface area contributed by atoms with E-state index in [0.717, 1.165) is 9.88 Å². The zero-order valence-corrected chi connectivity index (χ0v) is 14.3. The minimum Gasteiger partial charge on any atom is -0.346 e. The number of thiazole rings is 1. The van der Waals surface area contributed by atoms with Crippen LogP contribution in [0.25, 0.3) is 0 Å². The molecule has 0 aliphatic heterocycles. The van der Waals surface area contributed by atoms with E-state index in [0.29, 0.717) is 18.2 Å². The summed E-state index contributed by atoms with van der Waals surface area (Å²) in [7, 11) is 0. The predicted molar refractivity (Wildman–Crippen MR) is 87.2 cm³/mol. The van der Waals surface area contributed by atoms with Crippen LogP contribution in [-0.4, -0.2) is 20.7 Å². The van der Waals surface area contributed by atoms with Crippen LogP contribution in [0.5, 0.6) is 0 Å². The van der Waals surface area contributed by atoms with Crippen molar-refractivity contribution in [3.8, 4) is 0 Å². The summed E-state index contributed by atoms with van der Waals surface area (Å²) in [6.45, 7) is 8.82. The van der Waals surface area contributed by atoms with Gasteiger partial charge >= 0.3 is 0 Å². The zero-order chi connectivity index (χ0) is 15.9. The van der Waals surface area contributed by atoms with E-state index in [1.54, 1.807) is 11.3 Å². The first-order valence-corrected chi connectivity index (χ1v) is 8.46.